The molecule has 0 unspecified atom stereocenters. The van der Waals surface area contributed by atoms with Crippen LogP contribution in [0.2, 0.25) is 0 Å². The maximum atomic E-state index is 12.6. The standard InChI is InChI=1S/C19H18N4O/c24-19(21-13-14-7-4-5-12-20-14)18-16-10-6-11-17(16)23(22-18)15-8-2-1-3-9-15/h1-5,7-9,12H,6,10-11,13H2,(H,21,24). The van der Waals surface area contributed by atoms with Crippen LogP contribution in [0.5, 0.6) is 0 Å². The summed E-state index contributed by atoms with van der Waals surface area (Å²) in [5.41, 5.74) is 4.62. The molecule has 0 spiro atoms. The Morgan fingerprint density at radius 2 is 1.92 bits per heavy atom. The van der Waals surface area contributed by atoms with E-state index in [-0.39, 0.29) is 5.91 Å². The number of carbonyl (C=O) groups is 1. The number of pyridine rings is 1. The Hall–Kier alpha value is -2.95. The fraction of sp³-hybridized carbons (Fsp3) is 0.211. The second-order valence-corrected chi connectivity index (χ2v) is 5.88. The van der Waals surface area contributed by atoms with E-state index in [1.54, 1.807) is 6.20 Å². The van der Waals surface area contributed by atoms with Crippen molar-refractivity contribution in [2.45, 2.75) is 25.8 Å². The number of fused-ring (bicyclic) bond motifs is 1. The Morgan fingerprint density at radius 3 is 2.71 bits per heavy atom. The lowest BCUT2D eigenvalue weighted by Gasteiger charge is -2.05. The van der Waals surface area contributed by atoms with E-state index in [0.717, 1.165) is 41.9 Å². The molecule has 1 aliphatic carbocycles. The highest BCUT2D eigenvalue weighted by Crippen LogP contribution is 2.27. The van der Waals surface area contributed by atoms with E-state index in [1.165, 1.54) is 0 Å². The molecule has 0 radical (unpaired) electrons. The molecular formula is C19H18N4O. The van der Waals surface area contributed by atoms with Crippen molar-refractivity contribution in [2.24, 2.45) is 0 Å². The Bertz CT molecular complexity index is 856. The van der Waals surface area contributed by atoms with Crippen molar-refractivity contribution in [3.63, 3.8) is 0 Å². The molecule has 0 bridgehead atoms. The lowest BCUT2D eigenvalue weighted by Crippen LogP contribution is -2.24. The van der Waals surface area contributed by atoms with Crippen molar-refractivity contribution in [3.8, 4) is 5.69 Å². The van der Waals surface area contributed by atoms with Gasteiger partial charge in [-0.3, -0.25) is 9.78 Å². The molecule has 0 saturated heterocycles. The maximum Gasteiger partial charge on any atom is 0.272 e. The Kier molecular flexibility index (Phi) is 3.83. The molecule has 5 nitrogen and oxygen atoms in total. The first-order valence-corrected chi connectivity index (χ1v) is 8.17. The quantitative estimate of drug-likeness (QED) is 0.804. The van der Waals surface area contributed by atoms with Crippen molar-refractivity contribution in [3.05, 3.63) is 77.4 Å². The van der Waals surface area contributed by atoms with Gasteiger partial charge in [-0.15, -0.1) is 0 Å². The van der Waals surface area contributed by atoms with Gasteiger partial charge in [0, 0.05) is 17.5 Å². The van der Waals surface area contributed by atoms with Crippen LogP contribution in [0.15, 0.2) is 54.7 Å². The van der Waals surface area contributed by atoms with Crippen LogP contribution in [0.4, 0.5) is 0 Å². The fourth-order valence-electron chi connectivity index (χ4n) is 3.16. The molecule has 24 heavy (non-hydrogen) atoms. The molecule has 3 aromatic rings. The number of carbonyl (C=O) groups excluding carboxylic acids is 1. The molecule has 1 N–H and O–H groups in total. The lowest BCUT2D eigenvalue weighted by atomic mass is 10.2. The van der Waals surface area contributed by atoms with Gasteiger partial charge in [-0.1, -0.05) is 24.3 Å². The van der Waals surface area contributed by atoms with Crippen LogP contribution < -0.4 is 5.32 Å². The van der Waals surface area contributed by atoms with E-state index in [2.05, 4.69) is 15.4 Å². The number of benzene rings is 1. The summed E-state index contributed by atoms with van der Waals surface area (Å²) in [7, 11) is 0. The molecule has 0 saturated carbocycles. The summed E-state index contributed by atoms with van der Waals surface area (Å²) < 4.78 is 1.91. The summed E-state index contributed by atoms with van der Waals surface area (Å²) in [5.74, 6) is -0.131. The van der Waals surface area contributed by atoms with Crippen molar-refractivity contribution >= 4 is 5.91 Å². The monoisotopic (exact) mass is 318 g/mol. The van der Waals surface area contributed by atoms with Crippen LogP contribution in [0, 0.1) is 0 Å². The van der Waals surface area contributed by atoms with Crippen LogP contribution in [0.25, 0.3) is 5.69 Å². The second kappa shape index (κ2) is 6.28. The first-order valence-electron chi connectivity index (χ1n) is 8.17. The van der Waals surface area contributed by atoms with Gasteiger partial charge in [-0.25, -0.2) is 4.68 Å². The minimum absolute atomic E-state index is 0.131. The number of hydrogen-bond donors (Lipinski definition) is 1. The molecule has 4 rings (SSSR count). The van der Waals surface area contributed by atoms with E-state index in [4.69, 9.17) is 0 Å². The average molecular weight is 318 g/mol. The highest BCUT2D eigenvalue weighted by molar-refractivity contribution is 5.94. The zero-order chi connectivity index (χ0) is 16.4. The van der Waals surface area contributed by atoms with Crippen molar-refractivity contribution < 1.29 is 4.79 Å². The van der Waals surface area contributed by atoms with Gasteiger partial charge in [0.2, 0.25) is 0 Å². The lowest BCUT2D eigenvalue weighted by molar-refractivity contribution is 0.0944. The van der Waals surface area contributed by atoms with Crippen LogP contribution in [-0.4, -0.2) is 20.7 Å². The maximum absolute atomic E-state index is 12.6. The molecule has 1 amide bonds. The summed E-state index contributed by atoms with van der Waals surface area (Å²) in [5, 5.41) is 7.53. The predicted octanol–water partition coefficient (Wildman–Crippen LogP) is 2.69. The molecule has 120 valence electrons. The van der Waals surface area contributed by atoms with Gasteiger partial charge >= 0.3 is 0 Å². The topological polar surface area (TPSA) is 59.8 Å². The summed E-state index contributed by atoms with van der Waals surface area (Å²) in [4.78, 5) is 16.8. The van der Waals surface area contributed by atoms with E-state index in [9.17, 15) is 4.79 Å². The highest BCUT2D eigenvalue weighted by Gasteiger charge is 2.26. The molecule has 2 aromatic heterocycles. The van der Waals surface area contributed by atoms with E-state index >= 15 is 0 Å². The largest absolute Gasteiger partial charge is 0.345 e. The summed E-state index contributed by atoms with van der Waals surface area (Å²) in [6, 6.07) is 15.7. The van der Waals surface area contributed by atoms with Gasteiger partial charge in [-0.2, -0.15) is 5.10 Å². The molecule has 0 aliphatic heterocycles. The summed E-state index contributed by atoms with van der Waals surface area (Å²) >= 11 is 0. The smallest absolute Gasteiger partial charge is 0.272 e. The van der Waals surface area contributed by atoms with Crippen molar-refractivity contribution in [2.75, 3.05) is 0 Å². The number of nitrogens with one attached hydrogen (secondary N) is 1. The first-order chi connectivity index (χ1) is 11.8. The number of nitrogens with zero attached hydrogens (tertiary/aromatic N) is 3. The zero-order valence-electron chi connectivity index (χ0n) is 13.3. The normalized spacial score (nSPS) is 12.8. The van der Waals surface area contributed by atoms with Gasteiger partial charge in [0.05, 0.1) is 17.9 Å². The summed E-state index contributed by atoms with van der Waals surface area (Å²) in [6.45, 7) is 0.409. The molecule has 0 atom stereocenters. The third kappa shape index (κ3) is 2.69. The summed E-state index contributed by atoms with van der Waals surface area (Å²) in [6.07, 6.45) is 4.67. The van der Waals surface area contributed by atoms with Crippen molar-refractivity contribution in [1.82, 2.24) is 20.1 Å². The van der Waals surface area contributed by atoms with Gasteiger partial charge in [0.25, 0.3) is 5.91 Å². The average Bonchev–Trinajstić information content (AvgIpc) is 3.24. The molecule has 5 heteroatoms. The number of aromatic nitrogens is 3. The minimum atomic E-state index is -0.131. The van der Waals surface area contributed by atoms with Gasteiger partial charge in [0.15, 0.2) is 5.69 Å². The van der Waals surface area contributed by atoms with Crippen LogP contribution >= 0.6 is 0 Å². The van der Waals surface area contributed by atoms with Crippen LogP contribution in [0.3, 0.4) is 0 Å². The minimum Gasteiger partial charge on any atom is -0.345 e. The van der Waals surface area contributed by atoms with E-state index < -0.39 is 0 Å². The number of hydrogen-bond acceptors (Lipinski definition) is 3. The Balaban J connectivity index is 1.60. The number of para-hydroxylation sites is 1. The number of rotatable bonds is 4. The molecule has 1 aromatic carbocycles. The Morgan fingerprint density at radius 1 is 1.08 bits per heavy atom. The number of amides is 1. The van der Waals surface area contributed by atoms with Gasteiger partial charge in [-0.05, 0) is 43.5 Å². The predicted molar refractivity (Wildman–Crippen MR) is 91.0 cm³/mol. The molecule has 0 fully saturated rings. The van der Waals surface area contributed by atoms with E-state index in [0.29, 0.717) is 12.2 Å². The molecule has 1 aliphatic rings. The molecular weight excluding hydrogens is 300 g/mol. The van der Waals surface area contributed by atoms with E-state index in [1.807, 2.05) is 53.2 Å². The second-order valence-electron chi connectivity index (χ2n) is 5.88. The highest BCUT2D eigenvalue weighted by atomic mass is 16.1. The fourth-order valence-corrected chi connectivity index (χ4v) is 3.16. The SMILES string of the molecule is O=C(NCc1ccccn1)c1nn(-c2ccccc2)c2c1CCC2. The third-order valence-electron chi connectivity index (χ3n) is 4.30. The van der Waals surface area contributed by atoms with Crippen LogP contribution in [0.1, 0.15) is 33.9 Å². The zero-order valence-corrected chi connectivity index (χ0v) is 13.3. The van der Waals surface area contributed by atoms with Crippen LogP contribution in [-0.2, 0) is 19.4 Å². The Labute approximate surface area is 140 Å². The van der Waals surface area contributed by atoms with Gasteiger partial charge < -0.3 is 5.32 Å². The van der Waals surface area contributed by atoms with Crippen molar-refractivity contribution in [1.29, 1.82) is 0 Å². The van der Waals surface area contributed by atoms with Gasteiger partial charge in [0.1, 0.15) is 0 Å². The molecule has 2 heterocycles. The first kappa shape index (κ1) is 14.6. The third-order valence-corrected chi connectivity index (χ3v) is 4.30.